The van der Waals surface area contributed by atoms with E-state index < -0.39 is 0 Å². The van der Waals surface area contributed by atoms with E-state index in [4.69, 9.17) is 0 Å². The van der Waals surface area contributed by atoms with Gasteiger partial charge in [0.2, 0.25) is 0 Å². The van der Waals surface area contributed by atoms with Gasteiger partial charge >= 0.3 is 0 Å². The maximum absolute atomic E-state index is 4.39. The number of hydrogen-bond acceptors (Lipinski definition) is 2. The molecule has 0 bridgehead atoms. The second kappa shape index (κ2) is 4.22. The molecular formula is C13H14N2. The van der Waals surface area contributed by atoms with Crippen molar-refractivity contribution >= 4 is 0 Å². The van der Waals surface area contributed by atoms with Crippen LogP contribution in [0.2, 0.25) is 0 Å². The Kier molecular flexibility index (Phi) is 2.77. The average molecular weight is 198 g/mol. The van der Waals surface area contributed by atoms with E-state index in [-0.39, 0.29) is 0 Å². The molecule has 0 aliphatic heterocycles. The molecule has 15 heavy (non-hydrogen) atoms. The molecule has 1 atom stereocenters. The first-order valence-electron chi connectivity index (χ1n) is 5.11. The zero-order valence-corrected chi connectivity index (χ0v) is 9.01. The van der Waals surface area contributed by atoms with Crippen molar-refractivity contribution in [2.24, 2.45) is 0 Å². The Labute approximate surface area is 90.0 Å². The molecule has 1 aromatic carbocycles. The molecule has 2 rings (SSSR count). The van der Waals surface area contributed by atoms with Crippen LogP contribution in [-0.4, -0.2) is 9.97 Å². The zero-order valence-electron chi connectivity index (χ0n) is 9.01. The van der Waals surface area contributed by atoms with Crippen molar-refractivity contribution < 1.29 is 0 Å². The van der Waals surface area contributed by atoms with Crippen LogP contribution in [0, 0.1) is 6.92 Å². The quantitative estimate of drug-likeness (QED) is 0.741. The van der Waals surface area contributed by atoms with Crippen molar-refractivity contribution in [3.8, 4) is 0 Å². The highest BCUT2D eigenvalue weighted by Gasteiger charge is 2.08. The lowest BCUT2D eigenvalue weighted by molar-refractivity contribution is 0.851. The number of hydrogen-bond donors (Lipinski definition) is 0. The van der Waals surface area contributed by atoms with Gasteiger partial charge in [-0.3, -0.25) is 9.97 Å². The van der Waals surface area contributed by atoms with Gasteiger partial charge in [0, 0.05) is 18.3 Å². The van der Waals surface area contributed by atoms with Gasteiger partial charge in [0.1, 0.15) is 0 Å². The van der Waals surface area contributed by atoms with Gasteiger partial charge in [-0.25, -0.2) is 0 Å². The Hall–Kier alpha value is -1.70. The zero-order chi connectivity index (χ0) is 10.7. The fourth-order valence-corrected chi connectivity index (χ4v) is 1.54. The lowest BCUT2D eigenvalue weighted by atomic mass is 9.98. The molecule has 0 saturated carbocycles. The fourth-order valence-electron chi connectivity index (χ4n) is 1.54. The van der Waals surface area contributed by atoms with Crippen LogP contribution >= 0.6 is 0 Å². The Morgan fingerprint density at radius 1 is 1.00 bits per heavy atom. The molecule has 0 aliphatic rings. The summed E-state index contributed by atoms with van der Waals surface area (Å²) in [6.07, 6.45) is 3.67. The molecule has 0 N–H and O–H groups in total. The van der Waals surface area contributed by atoms with Crippen LogP contribution < -0.4 is 0 Å². The Balaban J connectivity index is 2.29. The summed E-state index contributed by atoms with van der Waals surface area (Å²) < 4.78 is 0. The first-order chi connectivity index (χ1) is 7.27. The van der Waals surface area contributed by atoms with Crippen molar-refractivity contribution in [3.05, 3.63) is 59.7 Å². The fraction of sp³-hybridized carbons (Fsp3) is 0.231. The lowest BCUT2D eigenvalue weighted by Gasteiger charge is -2.10. The van der Waals surface area contributed by atoms with Gasteiger partial charge in [-0.2, -0.15) is 0 Å². The molecule has 0 spiro atoms. The molecule has 2 aromatic rings. The SMILES string of the molecule is Cc1cnc(C(C)c2ccccc2)cn1. The first-order valence-corrected chi connectivity index (χ1v) is 5.11. The minimum absolute atomic E-state index is 0.305. The van der Waals surface area contributed by atoms with Crippen LogP contribution in [0.25, 0.3) is 0 Å². The normalized spacial score (nSPS) is 12.4. The highest BCUT2D eigenvalue weighted by molar-refractivity contribution is 5.26. The summed E-state index contributed by atoms with van der Waals surface area (Å²) in [5, 5.41) is 0. The van der Waals surface area contributed by atoms with E-state index in [1.165, 1.54) is 5.56 Å². The van der Waals surface area contributed by atoms with Crippen LogP contribution in [-0.2, 0) is 0 Å². The summed E-state index contributed by atoms with van der Waals surface area (Å²) in [6.45, 7) is 4.10. The average Bonchev–Trinajstić information content (AvgIpc) is 2.30. The van der Waals surface area contributed by atoms with E-state index in [0.29, 0.717) is 5.92 Å². The second-order valence-corrected chi connectivity index (χ2v) is 3.72. The summed E-state index contributed by atoms with van der Waals surface area (Å²) in [5.74, 6) is 0.305. The second-order valence-electron chi connectivity index (χ2n) is 3.72. The Morgan fingerprint density at radius 2 is 1.73 bits per heavy atom. The van der Waals surface area contributed by atoms with Gasteiger partial charge in [0.05, 0.1) is 11.4 Å². The highest BCUT2D eigenvalue weighted by atomic mass is 14.8. The van der Waals surface area contributed by atoms with E-state index >= 15 is 0 Å². The molecule has 0 radical (unpaired) electrons. The van der Waals surface area contributed by atoms with E-state index in [2.05, 4.69) is 29.0 Å². The molecule has 76 valence electrons. The molecule has 1 aromatic heterocycles. The molecular weight excluding hydrogens is 184 g/mol. The van der Waals surface area contributed by atoms with Gasteiger partial charge in [0.25, 0.3) is 0 Å². The molecule has 1 heterocycles. The monoisotopic (exact) mass is 198 g/mol. The molecule has 0 fully saturated rings. The van der Waals surface area contributed by atoms with Crippen LogP contribution in [0.1, 0.15) is 29.8 Å². The number of rotatable bonds is 2. The third-order valence-corrected chi connectivity index (χ3v) is 2.54. The molecule has 2 heteroatoms. The van der Waals surface area contributed by atoms with Crippen molar-refractivity contribution in [2.75, 3.05) is 0 Å². The maximum atomic E-state index is 4.39. The number of aryl methyl sites for hydroxylation is 1. The van der Waals surface area contributed by atoms with Gasteiger partial charge < -0.3 is 0 Å². The predicted octanol–water partition coefficient (Wildman–Crippen LogP) is 2.94. The van der Waals surface area contributed by atoms with E-state index in [0.717, 1.165) is 11.4 Å². The maximum Gasteiger partial charge on any atom is 0.0658 e. The summed E-state index contributed by atoms with van der Waals surface area (Å²) in [4.78, 5) is 8.66. The van der Waals surface area contributed by atoms with E-state index in [1.54, 1.807) is 0 Å². The van der Waals surface area contributed by atoms with Crippen molar-refractivity contribution in [2.45, 2.75) is 19.8 Å². The number of aromatic nitrogens is 2. The Morgan fingerprint density at radius 3 is 2.33 bits per heavy atom. The third kappa shape index (κ3) is 2.21. The smallest absolute Gasteiger partial charge is 0.0658 e. The Bertz CT molecular complexity index is 420. The van der Waals surface area contributed by atoms with Gasteiger partial charge in [0.15, 0.2) is 0 Å². The standard InChI is InChI=1S/C13H14N2/c1-10-8-15-13(9-14-10)11(2)12-6-4-3-5-7-12/h3-9,11H,1-2H3. The molecule has 2 nitrogen and oxygen atoms in total. The molecule has 1 unspecified atom stereocenters. The largest absolute Gasteiger partial charge is 0.258 e. The molecule has 0 saturated heterocycles. The van der Waals surface area contributed by atoms with Crippen molar-refractivity contribution in [1.29, 1.82) is 0 Å². The van der Waals surface area contributed by atoms with Crippen LogP contribution in [0.15, 0.2) is 42.7 Å². The first kappa shape index (κ1) is 9.84. The summed E-state index contributed by atoms with van der Waals surface area (Å²) in [5.41, 5.74) is 3.25. The van der Waals surface area contributed by atoms with Gasteiger partial charge in [-0.05, 0) is 12.5 Å². The number of benzene rings is 1. The van der Waals surface area contributed by atoms with Crippen LogP contribution in [0.3, 0.4) is 0 Å². The number of nitrogens with zero attached hydrogens (tertiary/aromatic N) is 2. The minimum atomic E-state index is 0.305. The summed E-state index contributed by atoms with van der Waals surface area (Å²) in [6, 6.07) is 10.4. The van der Waals surface area contributed by atoms with Gasteiger partial charge in [-0.15, -0.1) is 0 Å². The molecule has 0 amide bonds. The minimum Gasteiger partial charge on any atom is -0.258 e. The third-order valence-electron chi connectivity index (χ3n) is 2.54. The van der Waals surface area contributed by atoms with Crippen LogP contribution in [0.4, 0.5) is 0 Å². The molecule has 0 aliphatic carbocycles. The van der Waals surface area contributed by atoms with Gasteiger partial charge in [-0.1, -0.05) is 37.3 Å². The van der Waals surface area contributed by atoms with Crippen molar-refractivity contribution in [3.63, 3.8) is 0 Å². The summed E-state index contributed by atoms with van der Waals surface area (Å²) in [7, 11) is 0. The van der Waals surface area contributed by atoms with Crippen molar-refractivity contribution in [1.82, 2.24) is 9.97 Å². The summed E-state index contributed by atoms with van der Waals surface area (Å²) >= 11 is 0. The topological polar surface area (TPSA) is 25.8 Å². The lowest BCUT2D eigenvalue weighted by Crippen LogP contribution is -2.00. The highest BCUT2D eigenvalue weighted by Crippen LogP contribution is 2.20. The predicted molar refractivity (Wildman–Crippen MR) is 60.7 cm³/mol. The van der Waals surface area contributed by atoms with E-state index in [1.807, 2.05) is 37.5 Å². The van der Waals surface area contributed by atoms with Crippen LogP contribution in [0.5, 0.6) is 0 Å². The van der Waals surface area contributed by atoms with E-state index in [9.17, 15) is 0 Å².